The number of thiophene rings is 1. The van der Waals surface area contributed by atoms with Crippen LogP contribution in [0.15, 0.2) is 70.5 Å². The first-order chi connectivity index (χ1) is 13.0. The molecule has 27 heavy (non-hydrogen) atoms. The van der Waals surface area contributed by atoms with Gasteiger partial charge in [-0.1, -0.05) is 18.2 Å². The lowest BCUT2D eigenvalue weighted by atomic mass is 10.2. The van der Waals surface area contributed by atoms with Crippen molar-refractivity contribution in [3.8, 4) is 0 Å². The lowest BCUT2D eigenvalue weighted by Gasteiger charge is -2.14. The molecule has 1 heterocycles. The molecule has 0 spiro atoms. The second-order valence-corrected chi connectivity index (χ2v) is 8.32. The Hall–Kier alpha value is -2.64. The number of para-hydroxylation sites is 1. The van der Waals surface area contributed by atoms with Crippen molar-refractivity contribution in [3.05, 3.63) is 75.4 Å². The van der Waals surface area contributed by atoms with Gasteiger partial charge in [0.05, 0.1) is 8.66 Å². The van der Waals surface area contributed by atoms with Crippen LogP contribution in [0.25, 0.3) is 0 Å². The van der Waals surface area contributed by atoms with Gasteiger partial charge in [0.15, 0.2) is 0 Å². The van der Waals surface area contributed by atoms with Crippen molar-refractivity contribution in [2.24, 2.45) is 0 Å². The van der Waals surface area contributed by atoms with Crippen LogP contribution in [0.5, 0.6) is 0 Å². The fourth-order valence-corrected chi connectivity index (χ4v) is 3.63. The van der Waals surface area contributed by atoms with Crippen molar-refractivity contribution in [2.75, 3.05) is 10.6 Å². The number of carbonyl (C=O) groups excluding carboxylic acids is 2. The molecule has 0 aliphatic heterocycles. The molecule has 2 amide bonds. The summed E-state index contributed by atoms with van der Waals surface area (Å²) in [6.07, 6.45) is 0. The minimum atomic E-state index is -0.652. The van der Waals surface area contributed by atoms with Gasteiger partial charge in [0.2, 0.25) is 5.91 Å². The highest BCUT2D eigenvalue weighted by atomic mass is 79.9. The van der Waals surface area contributed by atoms with Crippen LogP contribution in [0.2, 0.25) is 0 Å². The van der Waals surface area contributed by atoms with Crippen molar-refractivity contribution in [1.82, 2.24) is 5.32 Å². The lowest BCUT2D eigenvalue weighted by Crippen LogP contribution is -2.41. The minimum Gasteiger partial charge on any atom is -0.356 e. The van der Waals surface area contributed by atoms with Gasteiger partial charge in [-0.05, 0) is 71.4 Å². The van der Waals surface area contributed by atoms with Gasteiger partial charge in [-0.25, -0.2) is 0 Å². The van der Waals surface area contributed by atoms with Gasteiger partial charge in [-0.15, -0.1) is 11.3 Å². The van der Waals surface area contributed by atoms with E-state index in [0.717, 1.165) is 15.2 Å². The van der Waals surface area contributed by atoms with Crippen LogP contribution in [-0.4, -0.2) is 17.9 Å². The molecule has 1 unspecified atom stereocenters. The Balaban J connectivity index is 1.54. The topological polar surface area (TPSA) is 70.2 Å². The third-order valence-corrected chi connectivity index (χ3v) is 5.38. The Morgan fingerprint density at radius 3 is 2.15 bits per heavy atom. The van der Waals surface area contributed by atoms with Crippen LogP contribution in [0.1, 0.15) is 16.6 Å². The summed E-state index contributed by atoms with van der Waals surface area (Å²) in [5, 5.41) is 8.79. The van der Waals surface area contributed by atoms with E-state index >= 15 is 0 Å². The average molecular weight is 444 g/mol. The zero-order valence-corrected chi connectivity index (χ0v) is 16.9. The SMILES string of the molecule is CC(NC(=O)c1ccc(Br)s1)C(=O)Nc1ccc(Nc2ccccc2)cc1. The second kappa shape index (κ2) is 8.83. The molecule has 138 valence electrons. The van der Waals surface area contributed by atoms with Crippen molar-refractivity contribution in [1.29, 1.82) is 0 Å². The number of carbonyl (C=O) groups is 2. The minimum absolute atomic E-state index is 0.268. The van der Waals surface area contributed by atoms with Crippen LogP contribution < -0.4 is 16.0 Å². The van der Waals surface area contributed by atoms with E-state index < -0.39 is 6.04 Å². The first kappa shape index (κ1) is 19.1. The standard InChI is InChI=1S/C20H18BrN3O2S/c1-13(22-20(26)17-11-12-18(21)27-17)19(25)24-16-9-7-15(8-10-16)23-14-5-3-2-4-6-14/h2-13,23H,1H3,(H,22,26)(H,24,25). The maximum Gasteiger partial charge on any atom is 0.262 e. The van der Waals surface area contributed by atoms with Gasteiger partial charge in [0, 0.05) is 17.1 Å². The van der Waals surface area contributed by atoms with Crippen molar-refractivity contribution >= 4 is 56.1 Å². The van der Waals surface area contributed by atoms with E-state index in [2.05, 4.69) is 31.9 Å². The normalized spacial score (nSPS) is 11.5. The fourth-order valence-electron chi connectivity index (χ4n) is 2.35. The predicted molar refractivity (Wildman–Crippen MR) is 114 cm³/mol. The van der Waals surface area contributed by atoms with Gasteiger partial charge in [0.1, 0.15) is 6.04 Å². The van der Waals surface area contributed by atoms with Crippen LogP contribution in [-0.2, 0) is 4.79 Å². The molecular weight excluding hydrogens is 426 g/mol. The van der Waals surface area contributed by atoms with E-state index in [1.807, 2.05) is 54.6 Å². The zero-order chi connectivity index (χ0) is 19.2. The summed E-state index contributed by atoms with van der Waals surface area (Å²) in [5.41, 5.74) is 2.58. The number of amides is 2. The smallest absolute Gasteiger partial charge is 0.262 e. The van der Waals surface area contributed by atoms with E-state index in [0.29, 0.717) is 10.6 Å². The van der Waals surface area contributed by atoms with E-state index in [4.69, 9.17) is 0 Å². The Labute approximate surface area is 169 Å². The van der Waals surface area contributed by atoms with E-state index in [9.17, 15) is 9.59 Å². The molecule has 0 aliphatic rings. The number of halogens is 1. The summed E-state index contributed by atoms with van der Waals surface area (Å²) in [4.78, 5) is 25.0. The summed E-state index contributed by atoms with van der Waals surface area (Å²) in [6, 6.07) is 20.1. The molecule has 2 aromatic carbocycles. The third kappa shape index (κ3) is 5.42. The third-order valence-electron chi connectivity index (χ3n) is 3.75. The van der Waals surface area contributed by atoms with Crippen LogP contribution in [0.3, 0.4) is 0 Å². The van der Waals surface area contributed by atoms with Gasteiger partial charge >= 0.3 is 0 Å². The number of anilines is 3. The molecule has 0 bridgehead atoms. The molecule has 0 radical (unpaired) electrons. The predicted octanol–water partition coefficient (Wildman–Crippen LogP) is 5.01. The van der Waals surface area contributed by atoms with Gasteiger partial charge in [0.25, 0.3) is 5.91 Å². The molecule has 3 N–H and O–H groups in total. The van der Waals surface area contributed by atoms with Crippen molar-refractivity contribution in [3.63, 3.8) is 0 Å². The number of benzene rings is 2. The quantitative estimate of drug-likeness (QED) is 0.501. The maximum absolute atomic E-state index is 12.3. The Bertz CT molecular complexity index is 926. The summed E-state index contributed by atoms with van der Waals surface area (Å²) in [5.74, 6) is -0.543. The first-order valence-electron chi connectivity index (χ1n) is 8.30. The maximum atomic E-state index is 12.3. The molecule has 3 aromatic rings. The lowest BCUT2D eigenvalue weighted by molar-refractivity contribution is -0.117. The summed E-state index contributed by atoms with van der Waals surface area (Å²) >= 11 is 4.64. The summed E-state index contributed by atoms with van der Waals surface area (Å²) in [6.45, 7) is 1.65. The monoisotopic (exact) mass is 443 g/mol. The molecule has 1 atom stereocenters. The van der Waals surface area contributed by atoms with Gasteiger partial charge < -0.3 is 16.0 Å². The second-order valence-electron chi connectivity index (χ2n) is 5.86. The molecule has 7 heteroatoms. The zero-order valence-electron chi connectivity index (χ0n) is 14.5. The summed E-state index contributed by atoms with van der Waals surface area (Å²) in [7, 11) is 0. The Kier molecular flexibility index (Phi) is 6.26. The van der Waals surface area contributed by atoms with Crippen LogP contribution in [0.4, 0.5) is 17.1 Å². The molecule has 0 saturated carbocycles. The largest absolute Gasteiger partial charge is 0.356 e. The van der Waals surface area contributed by atoms with E-state index in [1.54, 1.807) is 19.1 Å². The van der Waals surface area contributed by atoms with Gasteiger partial charge in [-0.3, -0.25) is 9.59 Å². The van der Waals surface area contributed by atoms with E-state index in [1.165, 1.54) is 11.3 Å². The Morgan fingerprint density at radius 2 is 1.52 bits per heavy atom. The molecular formula is C20H18BrN3O2S. The summed E-state index contributed by atoms with van der Waals surface area (Å²) < 4.78 is 0.869. The number of hydrogen-bond donors (Lipinski definition) is 3. The molecule has 1 aromatic heterocycles. The molecule has 0 aliphatic carbocycles. The van der Waals surface area contributed by atoms with Crippen LogP contribution in [0, 0.1) is 0 Å². The molecule has 3 rings (SSSR count). The molecule has 5 nitrogen and oxygen atoms in total. The fraction of sp³-hybridized carbons (Fsp3) is 0.100. The average Bonchev–Trinajstić information content (AvgIpc) is 3.10. The highest BCUT2D eigenvalue weighted by molar-refractivity contribution is 9.11. The Morgan fingerprint density at radius 1 is 0.889 bits per heavy atom. The molecule has 0 saturated heterocycles. The van der Waals surface area contributed by atoms with Gasteiger partial charge in [-0.2, -0.15) is 0 Å². The number of hydrogen-bond acceptors (Lipinski definition) is 4. The number of rotatable bonds is 6. The highest BCUT2D eigenvalue weighted by Gasteiger charge is 2.17. The van der Waals surface area contributed by atoms with Crippen LogP contribution >= 0.6 is 27.3 Å². The van der Waals surface area contributed by atoms with Crippen molar-refractivity contribution in [2.45, 2.75) is 13.0 Å². The first-order valence-corrected chi connectivity index (χ1v) is 9.91. The molecule has 0 fully saturated rings. The highest BCUT2D eigenvalue weighted by Crippen LogP contribution is 2.22. The van der Waals surface area contributed by atoms with E-state index in [-0.39, 0.29) is 11.8 Å². The number of nitrogens with one attached hydrogen (secondary N) is 3. The van der Waals surface area contributed by atoms with Crippen molar-refractivity contribution < 1.29 is 9.59 Å².